The molecular formula is C13H24N2O3S2. The van der Waals surface area contributed by atoms with Crippen molar-refractivity contribution in [2.24, 2.45) is 5.92 Å². The molecule has 0 aromatic rings. The smallest absolute Gasteiger partial charge is 0.327 e. The van der Waals surface area contributed by atoms with E-state index >= 15 is 0 Å². The van der Waals surface area contributed by atoms with Gasteiger partial charge in [-0.25, -0.2) is 9.59 Å². The molecule has 5 nitrogen and oxygen atoms in total. The summed E-state index contributed by atoms with van der Waals surface area (Å²) in [7, 11) is 0. The minimum absolute atomic E-state index is 0.0534. The molecule has 0 saturated carbocycles. The van der Waals surface area contributed by atoms with Crippen molar-refractivity contribution in [1.29, 1.82) is 0 Å². The highest BCUT2D eigenvalue weighted by atomic mass is 32.2. The van der Waals surface area contributed by atoms with Gasteiger partial charge in [0.1, 0.15) is 6.04 Å². The van der Waals surface area contributed by atoms with Crippen LogP contribution < -0.4 is 5.32 Å². The van der Waals surface area contributed by atoms with Gasteiger partial charge in [0.15, 0.2) is 0 Å². The van der Waals surface area contributed by atoms with Crippen LogP contribution in [0.25, 0.3) is 0 Å². The van der Waals surface area contributed by atoms with Crippen LogP contribution in [0, 0.1) is 5.92 Å². The first-order valence-electron chi connectivity index (χ1n) is 6.88. The van der Waals surface area contributed by atoms with Crippen molar-refractivity contribution in [3.05, 3.63) is 0 Å². The number of thioether (sulfide) groups is 2. The highest BCUT2D eigenvalue weighted by molar-refractivity contribution is 8.00. The number of urea groups is 1. The van der Waals surface area contributed by atoms with Gasteiger partial charge in [0, 0.05) is 12.3 Å². The number of amides is 2. The lowest BCUT2D eigenvalue weighted by Gasteiger charge is -2.29. The Morgan fingerprint density at radius 1 is 1.45 bits per heavy atom. The zero-order valence-electron chi connectivity index (χ0n) is 12.3. The van der Waals surface area contributed by atoms with Gasteiger partial charge in [0.05, 0.1) is 5.37 Å². The van der Waals surface area contributed by atoms with Crippen LogP contribution in [0.1, 0.15) is 26.7 Å². The van der Waals surface area contributed by atoms with E-state index in [-0.39, 0.29) is 17.3 Å². The summed E-state index contributed by atoms with van der Waals surface area (Å²) in [5.41, 5.74) is 0. The van der Waals surface area contributed by atoms with Crippen molar-refractivity contribution < 1.29 is 14.7 Å². The number of carboxylic acids is 1. The van der Waals surface area contributed by atoms with Crippen molar-refractivity contribution in [3.8, 4) is 0 Å². The molecule has 0 spiro atoms. The molecule has 0 aromatic heterocycles. The van der Waals surface area contributed by atoms with Gasteiger partial charge in [0.2, 0.25) is 0 Å². The topological polar surface area (TPSA) is 69.6 Å². The molecule has 1 aliphatic heterocycles. The van der Waals surface area contributed by atoms with E-state index in [2.05, 4.69) is 11.6 Å². The second-order valence-corrected chi connectivity index (χ2v) is 7.30. The first-order valence-corrected chi connectivity index (χ1v) is 9.32. The molecule has 0 bridgehead atoms. The molecule has 0 radical (unpaired) electrons. The Labute approximate surface area is 129 Å². The zero-order chi connectivity index (χ0) is 15.1. The number of unbranched alkanes of at least 4 members (excludes halogenated alkanes) is 1. The highest BCUT2D eigenvalue weighted by Crippen LogP contribution is 2.33. The summed E-state index contributed by atoms with van der Waals surface area (Å²) >= 11 is 3.34. The highest BCUT2D eigenvalue weighted by Gasteiger charge is 2.42. The molecule has 2 unspecified atom stereocenters. The first-order chi connectivity index (χ1) is 9.49. The maximum atomic E-state index is 12.2. The molecule has 2 amide bonds. The van der Waals surface area contributed by atoms with E-state index in [9.17, 15) is 14.7 Å². The largest absolute Gasteiger partial charge is 0.480 e. The molecule has 0 aliphatic carbocycles. The van der Waals surface area contributed by atoms with Crippen LogP contribution in [0.15, 0.2) is 0 Å². The van der Waals surface area contributed by atoms with Gasteiger partial charge in [-0.3, -0.25) is 4.90 Å². The summed E-state index contributed by atoms with van der Waals surface area (Å²) in [6, 6.07) is -0.955. The van der Waals surface area contributed by atoms with E-state index in [4.69, 9.17) is 0 Å². The van der Waals surface area contributed by atoms with Gasteiger partial charge in [-0.2, -0.15) is 11.8 Å². The summed E-state index contributed by atoms with van der Waals surface area (Å²) in [4.78, 5) is 25.0. The number of carbonyl (C=O) groups is 2. The van der Waals surface area contributed by atoms with Crippen molar-refractivity contribution in [3.63, 3.8) is 0 Å². The number of nitrogens with one attached hydrogen (secondary N) is 1. The van der Waals surface area contributed by atoms with E-state index < -0.39 is 12.0 Å². The van der Waals surface area contributed by atoms with Gasteiger partial charge in [-0.1, -0.05) is 13.8 Å². The third kappa shape index (κ3) is 4.77. The average Bonchev–Trinajstić information content (AvgIpc) is 2.83. The van der Waals surface area contributed by atoms with E-state index in [1.165, 1.54) is 4.90 Å². The Morgan fingerprint density at radius 2 is 2.15 bits per heavy atom. The zero-order valence-corrected chi connectivity index (χ0v) is 13.9. The third-order valence-corrected chi connectivity index (χ3v) is 5.49. The van der Waals surface area contributed by atoms with Crippen LogP contribution in [-0.4, -0.2) is 57.7 Å². The molecule has 2 N–H and O–H groups in total. The second kappa shape index (κ2) is 8.67. The number of aliphatic carboxylic acids is 1. The van der Waals surface area contributed by atoms with Gasteiger partial charge < -0.3 is 10.4 Å². The summed E-state index contributed by atoms with van der Waals surface area (Å²) in [5.74, 6) is 0.879. The molecule has 1 aliphatic rings. The van der Waals surface area contributed by atoms with Crippen LogP contribution >= 0.6 is 23.5 Å². The standard InChI is InChI=1S/C13H24N2O3S2/c1-9(2)11-15(10(8-20-11)12(16)17)13(18)14-6-4-5-7-19-3/h9-11H,4-8H2,1-3H3,(H,14,18)(H,16,17). The van der Waals surface area contributed by atoms with Gasteiger partial charge >= 0.3 is 12.0 Å². The van der Waals surface area contributed by atoms with E-state index in [0.717, 1.165) is 18.6 Å². The van der Waals surface area contributed by atoms with Crippen LogP contribution in [0.4, 0.5) is 4.79 Å². The Bertz CT molecular complexity index is 340. The number of hydrogen-bond donors (Lipinski definition) is 2. The minimum atomic E-state index is -0.918. The number of carbonyl (C=O) groups excluding carboxylic acids is 1. The lowest BCUT2D eigenvalue weighted by atomic mass is 10.2. The fraction of sp³-hybridized carbons (Fsp3) is 0.846. The molecule has 116 valence electrons. The van der Waals surface area contributed by atoms with E-state index in [1.54, 1.807) is 23.5 Å². The molecule has 1 fully saturated rings. The maximum Gasteiger partial charge on any atom is 0.327 e. The lowest BCUT2D eigenvalue weighted by Crippen LogP contribution is -2.51. The van der Waals surface area contributed by atoms with Crippen LogP contribution in [0.3, 0.4) is 0 Å². The summed E-state index contributed by atoms with van der Waals surface area (Å²) < 4.78 is 0. The van der Waals surface area contributed by atoms with Crippen molar-refractivity contribution in [1.82, 2.24) is 10.2 Å². The van der Waals surface area contributed by atoms with Gasteiger partial charge in [-0.15, -0.1) is 11.8 Å². The number of carboxylic acid groups (broad SMARTS) is 1. The van der Waals surface area contributed by atoms with Gasteiger partial charge in [0.25, 0.3) is 0 Å². The van der Waals surface area contributed by atoms with Crippen LogP contribution in [0.5, 0.6) is 0 Å². The Hall–Kier alpha value is -0.560. The van der Waals surface area contributed by atoms with Gasteiger partial charge in [-0.05, 0) is 30.8 Å². The molecule has 2 atom stereocenters. The quantitative estimate of drug-likeness (QED) is 0.705. The van der Waals surface area contributed by atoms with Crippen LogP contribution in [-0.2, 0) is 4.79 Å². The Balaban J connectivity index is 2.53. The SMILES string of the molecule is CSCCCCNC(=O)N1C(C(=O)O)CSC1C(C)C. The van der Waals surface area contributed by atoms with E-state index in [1.807, 2.05) is 13.8 Å². The number of rotatable bonds is 7. The molecule has 7 heteroatoms. The summed E-state index contributed by atoms with van der Waals surface area (Å²) in [5, 5.41) is 12.0. The Kier molecular flexibility index (Phi) is 7.58. The van der Waals surface area contributed by atoms with Crippen molar-refractivity contribution in [2.45, 2.75) is 38.1 Å². The number of nitrogens with zero attached hydrogens (tertiary/aromatic N) is 1. The predicted molar refractivity (Wildman–Crippen MR) is 85.4 cm³/mol. The summed E-state index contributed by atoms with van der Waals surface area (Å²) in [6.07, 6.45) is 4.05. The average molecular weight is 320 g/mol. The maximum absolute atomic E-state index is 12.2. The second-order valence-electron chi connectivity index (χ2n) is 5.16. The Morgan fingerprint density at radius 3 is 2.70 bits per heavy atom. The summed E-state index contributed by atoms with van der Waals surface area (Å²) in [6.45, 7) is 4.64. The molecule has 1 heterocycles. The van der Waals surface area contributed by atoms with Crippen molar-refractivity contribution in [2.75, 3.05) is 24.3 Å². The molecule has 0 aromatic carbocycles. The third-order valence-electron chi connectivity index (χ3n) is 3.18. The normalized spacial score (nSPS) is 22.3. The fourth-order valence-electron chi connectivity index (χ4n) is 2.15. The predicted octanol–water partition coefficient (Wildman–Crippen LogP) is 2.32. The first kappa shape index (κ1) is 17.5. The fourth-order valence-corrected chi connectivity index (χ4v) is 4.11. The number of hydrogen-bond acceptors (Lipinski definition) is 4. The molecule has 1 saturated heterocycles. The van der Waals surface area contributed by atoms with E-state index in [0.29, 0.717) is 12.3 Å². The molecule has 1 rings (SSSR count). The van der Waals surface area contributed by atoms with Crippen molar-refractivity contribution >= 4 is 35.5 Å². The minimum Gasteiger partial charge on any atom is -0.480 e. The molecule has 20 heavy (non-hydrogen) atoms. The van der Waals surface area contributed by atoms with Crippen LogP contribution in [0.2, 0.25) is 0 Å². The monoisotopic (exact) mass is 320 g/mol. The lowest BCUT2D eigenvalue weighted by molar-refractivity contribution is -0.141. The molecular weight excluding hydrogens is 296 g/mol.